The summed E-state index contributed by atoms with van der Waals surface area (Å²) >= 11 is 0. The Bertz CT molecular complexity index is 475. The van der Waals surface area contributed by atoms with Crippen molar-refractivity contribution in [2.75, 3.05) is 7.05 Å². The third-order valence-electron chi connectivity index (χ3n) is 3.19. The summed E-state index contributed by atoms with van der Waals surface area (Å²) in [5.41, 5.74) is -0.436. The lowest BCUT2D eigenvalue weighted by atomic mass is 9.98. The number of furan rings is 1. The number of hydrogen-bond acceptors (Lipinski definition) is 4. The molecular weight excluding hydrogens is 252 g/mol. The largest absolute Gasteiger partial charge is 0.447 e. The van der Waals surface area contributed by atoms with E-state index in [9.17, 15) is 8.42 Å². The van der Waals surface area contributed by atoms with Crippen LogP contribution in [0.25, 0.3) is 0 Å². The van der Waals surface area contributed by atoms with E-state index in [1.807, 2.05) is 20.8 Å². The Labute approximate surface area is 109 Å². The Hall–Kier alpha value is -0.850. The Morgan fingerprint density at radius 1 is 1.28 bits per heavy atom. The minimum atomic E-state index is -3.58. The first-order valence-corrected chi connectivity index (χ1v) is 7.62. The van der Waals surface area contributed by atoms with Crippen LogP contribution in [0, 0.1) is 0 Å². The van der Waals surface area contributed by atoms with E-state index >= 15 is 0 Å². The molecule has 1 heterocycles. The monoisotopic (exact) mass is 274 g/mol. The number of hydrogen-bond donors (Lipinski definition) is 2. The summed E-state index contributed by atoms with van der Waals surface area (Å²) in [7, 11) is -1.81. The molecule has 0 bridgehead atoms. The zero-order valence-electron chi connectivity index (χ0n) is 11.4. The molecule has 2 N–H and O–H groups in total. The molecule has 104 valence electrons. The number of sulfonamides is 1. The highest BCUT2D eigenvalue weighted by Gasteiger charge is 2.29. The molecule has 0 radical (unpaired) electrons. The second kappa shape index (κ2) is 5.86. The van der Waals surface area contributed by atoms with Gasteiger partial charge in [-0.1, -0.05) is 13.8 Å². The average Bonchev–Trinajstić information content (AvgIpc) is 2.78. The van der Waals surface area contributed by atoms with Crippen LogP contribution in [0.15, 0.2) is 21.6 Å². The lowest BCUT2D eigenvalue weighted by Crippen LogP contribution is -2.44. The maximum Gasteiger partial charge on any atom is 0.274 e. The van der Waals surface area contributed by atoms with E-state index in [2.05, 4.69) is 10.0 Å². The molecule has 0 aliphatic rings. The summed E-state index contributed by atoms with van der Waals surface area (Å²) in [6, 6.07) is 3.15. The molecule has 0 aromatic carbocycles. The zero-order chi connectivity index (χ0) is 13.8. The topological polar surface area (TPSA) is 71.3 Å². The van der Waals surface area contributed by atoms with Crippen LogP contribution in [0.2, 0.25) is 0 Å². The molecule has 0 unspecified atom stereocenters. The highest BCUT2D eigenvalue weighted by molar-refractivity contribution is 7.89. The predicted molar refractivity (Wildman–Crippen MR) is 70.8 cm³/mol. The Morgan fingerprint density at radius 3 is 2.39 bits per heavy atom. The number of rotatable bonds is 7. The molecule has 0 aliphatic heterocycles. The van der Waals surface area contributed by atoms with E-state index in [0.717, 1.165) is 12.8 Å². The van der Waals surface area contributed by atoms with E-state index in [4.69, 9.17) is 4.42 Å². The number of nitrogens with one attached hydrogen (secondary N) is 2. The summed E-state index contributed by atoms with van der Waals surface area (Å²) in [5, 5.41) is 2.88. The van der Waals surface area contributed by atoms with Crippen molar-refractivity contribution in [2.24, 2.45) is 0 Å². The predicted octanol–water partition coefficient (Wildman–Crippen LogP) is 1.86. The summed E-state index contributed by atoms with van der Waals surface area (Å²) < 4.78 is 32.3. The van der Waals surface area contributed by atoms with Gasteiger partial charge in [0.1, 0.15) is 5.76 Å². The Kier molecular flexibility index (Phi) is 4.95. The molecule has 1 aromatic heterocycles. The molecule has 0 spiro atoms. The minimum Gasteiger partial charge on any atom is -0.447 e. The molecule has 0 atom stereocenters. The van der Waals surface area contributed by atoms with Crippen molar-refractivity contribution < 1.29 is 12.8 Å². The smallest absolute Gasteiger partial charge is 0.274 e. The molecule has 0 fully saturated rings. The van der Waals surface area contributed by atoms with Crippen molar-refractivity contribution in [3.8, 4) is 0 Å². The van der Waals surface area contributed by atoms with Crippen LogP contribution < -0.4 is 10.0 Å². The Morgan fingerprint density at radius 2 is 1.89 bits per heavy atom. The molecule has 5 nitrogen and oxygen atoms in total. The summed E-state index contributed by atoms with van der Waals surface area (Å²) in [6.45, 7) is 6.32. The van der Waals surface area contributed by atoms with Crippen molar-refractivity contribution in [3.63, 3.8) is 0 Å². The molecule has 0 saturated heterocycles. The quantitative estimate of drug-likeness (QED) is 0.796. The molecule has 6 heteroatoms. The standard InChI is InChI=1S/C12H22N2O3S/c1-5-12(3,6-2)14-18(15,16)11-8-7-10(17-11)9-13-4/h7-8,13-14H,5-6,9H2,1-4H3. The van der Waals surface area contributed by atoms with Crippen LogP contribution in [0.1, 0.15) is 39.4 Å². The van der Waals surface area contributed by atoms with Crippen molar-refractivity contribution in [2.45, 2.75) is 50.8 Å². The molecule has 0 saturated carbocycles. The van der Waals surface area contributed by atoms with Gasteiger partial charge < -0.3 is 9.73 Å². The highest BCUT2D eigenvalue weighted by Crippen LogP contribution is 2.20. The SMILES string of the molecule is CCC(C)(CC)NS(=O)(=O)c1ccc(CNC)o1. The van der Waals surface area contributed by atoms with Crippen molar-refractivity contribution in [1.82, 2.24) is 10.0 Å². The van der Waals surface area contributed by atoms with E-state index in [1.165, 1.54) is 6.07 Å². The zero-order valence-corrected chi connectivity index (χ0v) is 12.2. The fourth-order valence-electron chi connectivity index (χ4n) is 1.54. The lowest BCUT2D eigenvalue weighted by Gasteiger charge is -2.27. The van der Waals surface area contributed by atoms with Crippen LogP contribution in [-0.2, 0) is 16.6 Å². The van der Waals surface area contributed by atoms with E-state index in [0.29, 0.717) is 12.3 Å². The van der Waals surface area contributed by atoms with E-state index in [1.54, 1.807) is 13.1 Å². The van der Waals surface area contributed by atoms with E-state index < -0.39 is 15.6 Å². The average molecular weight is 274 g/mol. The van der Waals surface area contributed by atoms with Crippen LogP contribution in [0.3, 0.4) is 0 Å². The maximum absolute atomic E-state index is 12.2. The first-order valence-electron chi connectivity index (χ1n) is 6.14. The second-order valence-corrected chi connectivity index (χ2v) is 6.24. The fourth-order valence-corrected chi connectivity index (χ4v) is 3.04. The van der Waals surface area contributed by atoms with Crippen LogP contribution in [0.5, 0.6) is 0 Å². The van der Waals surface area contributed by atoms with Gasteiger partial charge in [-0.25, -0.2) is 13.1 Å². The maximum atomic E-state index is 12.2. The minimum absolute atomic E-state index is 0.0270. The summed E-state index contributed by atoms with van der Waals surface area (Å²) in [4.78, 5) is 0. The first kappa shape index (κ1) is 15.2. The first-order chi connectivity index (χ1) is 8.37. The Balaban J connectivity index is 2.92. The van der Waals surface area contributed by atoms with Crippen molar-refractivity contribution in [3.05, 3.63) is 17.9 Å². The summed E-state index contributed by atoms with van der Waals surface area (Å²) in [6.07, 6.45) is 1.46. The highest BCUT2D eigenvalue weighted by atomic mass is 32.2. The lowest BCUT2D eigenvalue weighted by molar-refractivity contribution is 0.368. The van der Waals surface area contributed by atoms with E-state index in [-0.39, 0.29) is 5.09 Å². The molecule has 0 amide bonds. The van der Waals surface area contributed by atoms with Crippen molar-refractivity contribution in [1.29, 1.82) is 0 Å². The van der Waals surface area contributed by atoms with Crippen LogP contribution in [0.4, 0.5) is 0 Å². The van der Waals surface area contributed by atoms with Crippen molar-refractivity contribution >= 4 is 10.0 Å². The van der Waals surface area contributed by atoms with Gasteiger partial charge in [0.15, 0.2) is 0 Å². The van der Waals surface area contributed by atoms with Gasteiger partial charge in [0.2, 0.25) is 5.09 Å². The van der Waals surface area contributed by atoms with Gasteiger partial charge in [-0.05, 0) is 38.9 Å². The third kappa shape index (κ3) is 3.57. The van der Waals surface area contributed by atoms with Gasteiger partial charge >= 0.3 is 0 Å². The van der Waals surface area contributed by atoms with Gasteiger partial charge in [-0.2, -0.15) is 0 Å². The second-order valence-electron chi connectivity index (χ2n) is 4.62. The van der Waals surface area contributed by atoms with Gasteiger partial charge in [0.05, 0.1) is 6.54 Å². The van der Waals surface area contributed by atoms with Gasteiger partial charge in [0, 0.05) is 5.54 Å². The van der Waals surface area contributed by atoms with Crippen LogP contribution >= 0.6 is 0 Å². The molecule has 1 aromatic rings. The molecular formula is C12H22N2O3S. The van der Waals surface area contributed by atoms with Crippen LogP contribution in [-0.4, -0.2) is 21.0 Å². The van der Waals surface area contributed by atoms with Gasteiger partial charge in [-0.15, -0.1) is 0 Å². The normalized spacial score (nSPS) is 12.9. The molecule has 1 rings (SSSR count). The third-order valence-corrected chi connectivity index (χ3v) is 4.70. The fraction of sp³-hybridized carbons (Fsp3) is 0.667. The molecule has 18 heavy (non-hydrogen) atoms. The van der Waals surface area contributed by atoms with Gasteiger partial charge in [-0.3, -0.25) is 0 Å². The van der Waals surface area contributed by atoms with Gasteiger partial charge in [0.25, 0.3) is 10.0 Å². The molecule has 0 aliphatic carbocycles. The summed E-state index contributed by atoms with van der Waals surface area (Å²) in [5.74, 6) is 0.604.